The summed E-state index contributed by atoms with van der Waals surface area (Å²) in [4.78, 5) is 23.0. The molecule has 38 heavy (non-hydrogen) atoms. The van der Waals surface area contributed by atoms with Crippen LogP contribution in [0.4, 0.5) is 0 Å². The SMILES string of the molecule is CCCCC/C=C\C/C=C\CCCCCCCCCCCC(=O)OC(CCCCC)CCCCCC(=O)O. The molecule has 0 aliphatic rings. The van der Waals surface area contributed by atoms with Crippen molar-refractivity contribution in [1.82, 2.24) is 0 Å². The molecular weight excluding hydrogens is 472 g/mol. The molecule has 0 rings (SSSR count). The summed E-state index contributed by atoms with van der Waals surface area (Å²) in [7, 11) is 0. The number of hydrogen-bond donors (Lipinski definition) is 1. The van der Waals surface area contributed by atoms with Gasteiger partial charge in [0.25, 0.3) is 0 Å². The molecule has 0 heterocycles. The summed E-state index contributed by atoms with van der Waals surface area (Å²) in [5.74, 6) is -0.777. The summed E-state index contributed by atoms with van der Waals surface area (Å²) in [6.07, 6.45) is 36.5. The largest absolute Gasteiger partial charge is 0.481 e. The third-order valence-electron chi connectivity index (χ3n) is 7.18. The monoisotopic (exact) mass is 534 g/mol. The Kier molecular flexibility index (Phi) is 28.7. The molecular formula is C34H62O4. The van der Waals surface area contributed by atoms with Gasteiger partial charge in [-0.15, -0.1) is 0 Å². The molecule has 0 aliphatic carbocycles. The van der Waals surface area contributed by atoms with E-state index >= 15 is 0 Å². The Labute approximate surface area is 236 Å². The second-order valence-corrected chi connectivity index (χ2v) is 11.0. The number of unbranched alkanes of at least 4 members (excludes halogenated alkanes) is 16. The van der Waals surface area contributed by atoms with Crippen LogP contribution in [0.15, 0.2) is 24.3 Å². The lowest BCUT2D eigenvalue weighted by atomic mass is 10.0. The molecule has 0 aliphatic heterocycles. The van der Waals surface area contributed by atoms with E-state index in [2.05, 4.69) is 38.2 Å². The van der Waals surface area contributed by atoms with Gasteiger partial charge in [0, 0.05) is 12.8 Å². The minimum atomic E-state index is -0.730. The van der Waals surface area contributed by atoms with E-state index in [0.717, 1.165) is 57.8 Å². The molecule has 1 atom stereocenters. The Bertz CT molecular complexity index is 581. The Balaban J connectivity index is 3.65. The summed E-state index contributed by atoms with van der Waals surface area (Å²) in [6, 6.07) is 0. The van der Waals surface area contributed by atoms with Crippen LogP contribution in [-0.2, 0) is 14.3 Å². The lowest BCUT2D eigenvalue weighted by Crippen LogP contribution is -2.18. The van der Waals surface area contributed by atoms with Crippen molar-refractivity contribution in [2.75, 3.05) is 0 Å². The number of ether oxygens (including phenoxy) is 1. The number of carbonyl (C=O) groups is 2. The number of carboxylic acid groups (broad SMARTS) is 1. The van der Waals surface area contributed by atoms with Gasteiger partial charge in [0.05, 0.1) is 0 Å². The number of allylic oxidation sites excluding steroid dienone is 4. The van der Waals surface area contributed by atoms with Gasteiger partial charge >= 0.3 is 11.9 Å². The second-order valence-electron chi connectivity index (χ2n) is 11.0. The van der Waals surface area contributed by atoms with Crippen LogP contribution in [-0.4, -0.2) is 23.1 Å². The van der Waals surface area contributed by atoms with Crippen LogP contribution >= 0.6 is 0 Å². The van der Waals surface area contributed by atoms with Crippen LogP contribution in [0.3, 0.4) is 0 Å². The van der Waals surface area contributed by atoms with Gasteiger partial charge in [-0.3, -0.25) is 9.59 Å². The van der Waals surface area contributed by atoms with Gasteiger partial charge in [0.2, 0.25) is 0 Å². The smallest absolute Gasteiger partial charge is 0.306 e. The molecule has 0 spiro atoms. The van der Waals surface area contributed by atoms with Gasteiger partial charge in [-0.25, -0.2) is 0 Å². The van der Waals surface area contributed by atoms with E-state index in [-0.39, 0.29) is 18.5 Å². The molecule has 0 saturated carbocycles. The molecule has 0 aromatic carbocycles. The van der Waals surface area contributed by atoms with Gasteiger partial charge < -0.3 is 9.84 Å². The van der Waals surface area contributed by atoms with Crippen LogP contribution < -0.4 is 0 Å². The minimum absolute atomic E-state index is 0.00604. The van der Waals surface area contributed by atoms with E-state index in [1.165, 1.54) is 83.5 Å². The molecule has 0 bridgehead atoms. The Morgan fingerprint density at radius 3 is 1.61 bits per heavy atom. The maximum Gasteiger partial charge on any atom is 0.306 e. The average molecular weight is 535 g/mol. The van der Waals surface area contributed by atoms with Gasteiger partial charge in [0.15, 0.2) is 0 Å². The van der Waals surface area contributed by atoms with Gasteiger partial charge in [-0.2, -0.15) is 0 Å². The summed E-state index contributed by atoms with van der Waals surface area (Å²) >= 11 is 0. The van der Waals surface area contributed by atoms with Crippen LogP contribution in [0.2, 0.25) is 0 Å². The first-order chi connectivity index (χ1) is 18.6. The summed E-state index contributed by atoms with van der Waals surface area (Å²) in [5, 5.41) is 8.76. The van der Waals surface area contributed by atoms with Crippen LogP contribution in [0.25, 0.3) is 0 Å². The number of carboxylic acids is 1. The van der Waals surface area contributed by atoms with E-state index in [0.29, 0.717) is 12.8 Å². The molecule has 222 valence electrons. The van der Waals surface area contributed by atoms with Gasteiger partial charge in [-0.05, 0) is 70.6 Å². The zero-order valence-corrected chi connectivity index (χ0v) is 25.2. The molecule has 0 amide bonds. The number of carbonyl (C=O) groups excluding carboxylic acids is 1. The molecule has 4 heteroatoms. The topological polar surface area (TPSA) is 63.6 Å². The first-order valence-corrected chi connectivity index (χ1v) is 16.3. The lowest BCUT2D eigenvalue weighted by molar-refractivity contribution is -0.150. The number of hydrogen-bond acceptors (Lipinski definition) is 3. The molecule has 1 N–H and O–H groups in total. The predicted octanol–water partition coefficient (Wildman–Crippen LogP) is 10.9. The first kappa shape index (κ1) is 36.4. The predicted molar refractivity (Wildman–Crippen MR) is 163 cm³/mol. The highest BCUT2D eigenvalue weighted by molar-refractivity contribution is 5.69. The highest BCUT2D eigenvalue weighted by Gasteiger charge is 2.14. The summed E-state index contributed by atoms with van der Waals surface area (Å²) < 4.78 is 5.80. The van der Waals surface area contributed by atoms with Crippen molar-refractivity contribution in [3.63, 3.8) is 0 Å². The molecule has 0 radical (unpaired) electrons. The fourth-order valence-corrected chi connectivity index (χ4v) is 4.74. The molecule has 0 aromatic heterocycles. The van der Waals surface area contributed by atoms with E-state index < -0.39 is 5.97 Å². The third kappa shape index (κ3) is 29.0. The van der Waals surface area contributed by atoms with Crippen molar-refractivity contribution >= 4 is 11.9 Å². The zero-order valence-electron chi connectivity index (χ0n) is 25.2. The van der Waals surface area contributed by atoms with Crippen molar-refractivity contribution in [3.05, 3.63) is 24.3 Å². The van der Waals surface area contributed by atoms with Crippen molar-refractivity contribution in [1.29, 1.82) is 0 Å². The van der Waals surface area contributed by atoms with Crippen molar-refractivity contribution in [3.8, 4) is 0 Å². The normalized spacial score (nSPS) is 12.5. The molecule has 0 aromatic rings. The molecule has 0 fully saturated rings. The van der Waals surface area contributed by atoms with Crippen molar-refractivity contribution in [2.45, 2.75) is 180 Å². The number of aliphatic carboxylic acids is 1. The third-order valence-corrected chi connectivity index (χ3v) is 7.18. The first-order valence-electron chi connectivity index (χ1n) is 16.3. The van der Waals surface area contributed by atoms with Crippen LogP contribution in [0.5, 0.6) is 0 Å². The van der Waals surface area contributed by atoms with Crippen LogP contribution in [0, 0.1) is 0 Å². The Morgan fingerprint density at radius 2 is 1.03 bits per heavy atom. The average Bonchev–Trinajstić information content (AvgIpc) is 2.89. The standard InChI is InChI=1S/C34H62O4/c1-3-5-7-8-9-10-11-12-13-14-15-16-17-18-19-20-21-22-27-31-34(37)38-32(28-24-6-4-2)29-25-23-26-30-33(35)36/h9-10,12-13,32H,3-8,11,14-31H2,1-2H3,(H,35,36)/b10-9-,13-12-. The second kappa shape index (κ2) is 30.0. The zero-order chi connectivity index (χ0) is 27.9. The van der Waals surface area contributed by atoms with Crippen molar-refractivity contribution < 1.29 is 19.4 Å². The minimum Gasteiger partial charge on any atom is -0.481 e. The Morgan fingerprint density at radius 1 is 0.579 bits per heavy atom. The number of esters is 1. The quantitative estimate of drug-likeness (QED) is 0.0589. The molecule has 4 nitrogen and oxygen atoms in total. The fourth-order valence-electron chi connectivity index (χ4n) is 4.74. The highest BCUT2D eigenvalue weighted by Crippen LogP contribution is 2.17. The number of rotatable bonds is 29. The van der Waals surface area contributed by atoms with Crippen LogP contribution in [0.1, 0.15) is 174 Å². The van der Waals surface area contributed by atoms with Crippen molar-refractivity contribution in [2.24, 2.45) is 0 Å². The maximum absolute atomic E-state index is 12.3. The maximum atomic E-state index is 12.3. The van der Waals surface area contributed by atoms with E-state index in [4.69, 9.17) is 9.84 Å². The lowest BCUT2D eigenvalue weighted by Gasteiger charge is -2.18. The molecule has 0 saturated heterocycles. The van der Waals surface area contributed by atoms with E-state index in [1.807, 2.05) is 0 Å². The fraction of sp³-hybridized carbons (Fsp3) is 0.824. The van der Waals surface area contributed by atoms with E-state index in [1.54, 1.807) is 0 Å². The molecule has 1 unspecified atom stereocenters. The van der Waals surface area contributed by atoms with E-state index in [9.17, 15) is 9.59 Å². The highest BCUT2D eigenvalue weighted by atomic mass is 16.5. The van der Waals surface area contributed by atoms with Gasteiger partial charge in [-0.1, -0.05) is 115 Å². The summed E-state index contributed by atoms with van der Waals surface area (Å²) in [5.41, 5.74) is 0. The summed E-state index contributed by atoms with van der Waals surface area (Å²) in [6.45, 7) is 4.43. The Hall–Kier alpha value is -1.58. The van der Waals surface area contributed by atoms with Gasteiger partial charge in [0.1, 0.15) is 6.10 Å².